The Labute approximate surface area is 179 Å². The first-order valence-corrected chi connectivity index (χ1v) is 9.66. The van der Waals surface area contributed by atoms with Crippen LogP contribution in [0.1, 0.15) is 34.1 Å². The third kappa shape index (κ3) is 4.78. The van der Waals surface area contributed by atoms with E-state index >= 15 is 0 Å². The average Bonchev–Trinajstić information content (AvgIpc) is 2.73. The first kappa shape index (κ1) is 21.3. The number of pyridine rings is 1. The van der Waals surface area contributed by atoms with Crippen LogP contribution >= 0.6 is 11.6 Å². The normalized spacial score (nSPS) is 11.6. The number of methoxy groups -OCH3 is 1. The van der Waals surface area contributed by atoms with E-state index in [2.05, 4.69) is 10.3 Å². The zero-order valence-electron chi connectivity index (χ0n) is 16.6. The highest BCUT2D eigenvalue weighted by molar-refractivity contribution is 6.31. The van der Waals surface area contributed by atoms with Crippen molar-refractivity contribution < 1.29 is 19.4 Å². The molecule has 0 aliphatic rings. The summed E-state index contributed by atoms with van der Waals surface area (Å²) in [6.07, 6.45) is -0.309. The molecule has 1 amide bonds. The number of halogens is 1. The molecule has 3 aromatic rings. The predicted molar refractivity (Wildman–Crippen MR) is 115 cm³/mol. The fourth-order valence-electron chi connectivity index (χ4n) is 3.17. The second kappa shape index (κ2) is 9.41. The topological polar surface area (TPSA) is 88.5 Å². The number of carbonyl (C=O) groups is 2. The number of aryl methyl sites for hydroxylation is 1. The molecule has 0 bridgehead atoms. The van der Waals surface area contributed by atoms with E-state index in [1.165, 1.54) is 0 Å². The van der Waals surface area contributed by atoms with E-state index < -0.39 is 17.9 Å². The van der Waals surface area contributed by atoms with Gasteiger partial charge in [0.1, 0.15) is 17.1 Å². The van der Waals surface area contributed by atoms with E-state index in [1.807, 2.05) is 31.2 Å². The first-order chi connectivity index (χ1) is 14.4. The van der Waals surface area contributed by atoms with Crippen molar-refractivity contribution in [3.63, 3.8) is 0 Å². The van der Waals surface area contributed by atoms with Gasteiger partial charge in [-0.05, 0) is 36.2 Å². The van der Waals surface area contributed by atoms with Gasteiger partial charge in [-0.25, -0.2) is 4.98 Å². The Bertz CT molecular complexity index is 1080. The lowest BCUT2D eigenvalue weighted by Crippen LogP contribution is -2.31. The van der Waals surface area contributed by atoms with Crippen LogP contribution in [0.2, 0.25) is 5.02 Å². The minimum absolute atomic E-state index is 0.150. The minimum Gasteiger partial charge on any atom is -0.494 e. The van der Waals surface area contributed by atoms with Crippen molar-refractivity contribution in [2.75, 3.05) is 7.11 Å². The minimum atomic E-state index is -1.05. The Hall–Kier alpha value is -3.38. The highest BCUT2D eigenvalue weighted by atomic mass is 35.5. The Morgan fingerprint density at radius 2 is 1.80 bits per heavy atom. The number of rotatable bonds is 7. The van der Waals surface area contributed by atoms with E-state index in [4.69, 9.17) is 16.3 Å². The van der Waals surface area contributed by atoms with Crippen LogP contribution < -0.4 is 10.1 Å². The molecule has 154 valence electrons. The van der Waals surface area contributed by atoms with Gasteiger partial charge >= 0.3 is 5.97 Å². The Balaban J connectivity index is 1.96. The molecule has 0 aliphatic carbocycles. The SMILES string of the molecule is COc1ccc(C(=O)N[C@@H](CC(=O)O)c2ccccc2Cl)nc1-c1ccccc1C. The lowest BCUT2D eigenvalue weighted by molar-refractivity contribution is -0.137. The standard InChI is InChI=1S/C23H21ClN2O4/c1-14-7-3-4-8-15(14)22-20(30-2)12-11-18(25-22)23(29)26-19(13-21(27)28)16-9-5-6-10-17(16)24/h3-12,19H,13H2,1-2H3,(H,26,29)(H,27,28)/t19-/m0/s1. The van der Waals surface area contributed by atoms with Gasteiger partial charge in [0, 0.05) is 10.6 Å². The molecule has 3 rings (SSSR count). The van der Waals surface area contributed by atoms with Crippen molar-refractivity contribution in [1.29, 1.82) is 0 Å². The molecule has 30 heavy (non-hydrogen) atoms. The zero-order chi connectivity index (χ0) is 21.7. The van der Waals surface area contributed by atoms with Crippen LogP contribution in [0.4, 0.5) is 0 Å². The lowest BCUT2D eigenvalue weighted by Gasteiger charge is -2.19. The molecule has 1 heterocycles. The second-order valence-electron chi connectivity index (χ2n) is 6.71. The van der Waals surface area contributed by atoms with E-state index in [0.717, 1.165) is 11.1 Å². The summed E-state index contributed by atoms with van der Waals surface area (Å²) in [5, 5.41) is 12.4. The maximum Gasteiger partial charge on any atom is 0.305 e. The Kier molecular flexibility index (Phi) is 6.69. The van der Waals surface area contributed by atoms with Crippen molar-refractivity contribution in [3.8, 4) is 17.0 Å². The maximum atomic E-state index is 12.9. The summed E-state index contributed by atoms with van der Waals surface area (Å²) in [5.41, 5.74) is 3.05. The van der Waals surface area contributed by atoms with Gasteiger partial charge in [-0.3, -0.25) is 9.59 Å². The summed E-state index contributed by atoms with van der Waals surface area (Å²) < 4.78 is 5.42. The summed E-state index contributed by atoms with van der Waals surface area (Å²) in [5.74, 6) is -1.02. The number of hydrogen-bond acceptors (Lipinski definition) is 4. The average molecular weight is 425 g/mol. The third-order valence-electron chi connectivity index (χ3n) is 4.68. The molecule has 6 nitrogen and oxygen atoms in total. The highest BCUT2D eigenvalue weighted by Crippen LogP contribution is 2.31. The number of ether oxygens (including phenoxy) is 1. The number of benzene rings is 2. The van der Waals surface area contributed by atoms with Crippen molar-refractivity contribution in [2.24, 2.45) is 0 Å². The summed E-state index contributed by atoms with van der Waals surface area (Å²) in [6.45, 7) is 1.95. The van der Waals surface area contributed by atoms with Gasteiger partial charge in [-0.1, -0.05) is 54.1 Å². The third-order valence-corrected chi connectivity index (χ3v) is 5.02. The highest BCUT2D eigenvalue weighted by Gasteiger charge is 2.22. The van der Waals surface area contributed by atoms with Crippen molar-refractivity contribution >= 4 is 23.5 Å². The van der Waals surface area contributed by atoms with Crippen molar-refractivity contribution in [1.82, 2.24) is 10.3 Å². The monoisotopic (exact) mass is 424 g/mol. The second-order valence-corrected chi connectivity index (χ2v) is 7.11. The maximum absolute atomic E-state index is 12.9. The number of carboxylic acid groups (broad SMARTS) is 1. The number of nitrogens with zero attached hydrogens (tertiary/aromatic N) is 1. The van der Waals surface area contributed by atoms with Gasteiger partial charge in [-0.2, -0.15) is 0 Å². The van der Waals surface area contributed by atoms with Crippen LogP contribution in [0.15, 0.2) is 60.7 Å². The number of aliphatic carboxylic acids is 1. The summed E-state index contributed by atoms with van der Waals surface area (Å²) in [4.78, 5) is 28.8. The molecule has 0 spiro atoms. The van der Waals surface area contributed by atoms with Crippen molar-refractivity contribution in [2.45, 2.75) is 19.4 Å². The molecule has 1 aromatic heterocycles. The van der Waals surface area contributed by atoms with Gasteiger partial charge in [0.25, 0.3) is 5.91 Å². The number of carbonyl (C=O) groups excluding carboxylic acids is 1. The zero-order valence-corrected chi connectivity index (χ0v) is 17.3. The van der Waals surface area contributed by atoms with Gasteiger partial charge in [0.05, 0.1) is 19.6 Å². The van der Waals surface area contributed by atoms with Gasteiger partial charge in [0.15, 0.2) is 0 Å². The van der Waals surface area contributed by atoms with Gasteiger partial charge in [0.2, 0.25) is 0 Å². The number of hydrogen-bond donors (Lipinski definition) is 2. The van der Waals surface area contributed by atoms with Crippen LogP contribution in [0.25, 0.3) is 11.3 Å². The Morgan fingerprint density at radius 1 is 1.10 bits per heavy atom. The summed E-state index contributed by atoms with van der Waals surface area (Å²) in [7, 11) is 1.54. The van der Waals surface area contributed by atoms with E-state index in [0.29, 0.717) is 22.0 Å². The molecule has 2 aromatic carbocycles. The van der Waals surface area contributed by atoms with E-state index in [9.17, 15) is 14.7 Å². The van der Waals surface area contributed by atoms with Crippen LogP contribution in [0, 0.1) is 6.92 Å². The van der Waals surface area contributed by atoms with Gasteiger partial charge in [-0.15, -0.1) is 0 Å². The molecule has 1 atom stereocenters. The predicted octanol–water partition coefficient (Wildman–Crippen LogP) is 4.66. The van der Waals surface area contributed by atoms with Crippen LogP contribution in [0.5, 0.6) is 5.75 Å². The van der Waals surface area contributed by atoms with E-state index in [1.54, 1.807) is 43.5 Å². The van der Waals surface area contributed by atoms with E-state index in [-0.39, 0.29) is 12.1 Å². The molecule has 0 radical (unpaired) electrons. The molecule has 7 heteroatoms. The fourth-order valence-corrected chi connectivity index (χ4v) is 3.44. The lowest BCUT2D eigenvalue weighted by atomic mass is 10.0. The fraction of sp³-hybridized carbons (Fsp3) is 0.174. The quantitative estimate of drug-likeness (QED) is 0.575. The molecular formula is C23H21ClN2O4. The number of aromatic nitrogens is 1. The number of amides is 1. The number of nitrogens with one attached hydrogen (secondary N) is 1. The molecule has 0 saturated carbocycles. The number of carboxylic acids is 1. The smallest absolute Gasteiger partial charge is 0.305 e. The van der Waals surface area contributed by atoms with Crippen LogP contribution in [0.3, 0.4) is 0 Å². The van der Waals surface area contributed by atoms with Crippen LogP contribution in [-0.4, -0.2) is 29.1 Å². The molecular weight excluding hydrogens is 404 g/mol. The van der Waals surface area contributed by atoms with Crippen molar-refractivity contribution in [3.05, 3.63) is 82.5 Å². The molecule has 0 saturated heterocycles. The molecule has 0 fully saturated rings. The first-order valence-electron chi connectivity index (χ1n) is 9.28. The summed E-state index contributed by atoms with van der Waals surface area (Å²) in [6, 6.07) is 16.9. The summed E-state index contributed by atoms with van der Waals surface area (Å²) >= 11 is 6.22. The Morgan fingerprint density at radius 3 is 2.47 bits per heavy atom. The molecule has 2 N–H and O–H groups in total. The largest absolute Gasteiger partial charge is 0.494 e. The molecule has 0 unspecified atom stereocenters. The molecule has 0 aliphatic heterocycles. The van der Waals surface area contributed by atoms with Crippen LogP contribution in [-0.2, 0) is 4.79 Å². The van der Waals surface area contributed by atoms with Gasteiger partial charge < -0.3 is 15.2 Å².